The minimum atomic E-state index is -4.26. The minimum Gasteiger partial charge on any atom is -0.385 e. The molecule has 0 aliphatic carbocycles. The number of halogens is 3. The number of rotatable bonds is 6. The Kier molecular flexibility index (Phi) is 6.26. The van der Waals surface area contributed by atoms with Gasteiger partial charge in [0, 0.05) is 20.3 Å². The van der Waals surface area contributed by atoms with E-state index in [0.29, 0.717) is 6.61 Å². The molecule has 0 aliphatic rings. The quantitative estimate of drug-likeness (QED) is 0.692. The van der Waals surface area contributed by atoms with E-state index in [0.717, 1.165) is 0 Å². The van der Waals surface area contributed by atoms with E-state index in [4.69, 9.17) is 5.73 Å². The van der Waals surface area contributed by atoms with Gasteiger partial charge in [0.1, 0.15) is 0 Å². The molecule has 90 valence electrons. The van der Waals surface area contributed by atoms with Crippen LogP contribution in [0.5, 0.6) is 0 Å². The molecule has 0 saturated heterocycles. The first kappa shape index (κ1) is 14.2. The number of nitrogens with two attached hydrogens (primary N) is 1. The number of carbonyl (C=O) groups excluding carboxylic acids is 1. The van der Waals surface area contributed by atoms with E-state index in [1.165, 1.54) is 7.11 Å². The lowest BCUT2D eigenvalue weighted by Gasteiger charge is -2.12. The van der Waals surface area contributed by atoms with Gasteiger partial charge in [0.25, 0.3) is 0 Å². The van der Waals surface area contributed by atoms with Crippen molar-refractivity contribution in [1.29, 1.82) is 0 Å². The highest BCUT2D eigenvalue weighted by atomic mass is 19.4. The Bertz CT molecular complexity index is 197. The van der Waals surface area contributed by atoms with Gasteiger partial charge >= 0.3 is 6.18 Å². The third-order valence-electron chi connectivity index (χ3n) is 1.68. The molecule has 0 radical (unpaired) electrons. The average Bonchev–Trinajstić information content (AvgIpc) is 2.11. The molecule has 3 N–H and O–H groups in total. The monoisotopic (exact) mass is 228 g/mol. The molecule has 0 aromatic rings. The summed E-state index contributed by atoms with van der Waals surface area (Å²) in [6, 6.07) is -0.821. The van der Waals surface area contributed by atoms with Gasteiger partial charge in [0.2, 0.25) is 5.91 Å². The number of hydrogen-bond donors (Lipinski definition) is 2. The van der Waals surface area contributed by atoms with Crippen LogP contribution in [0.1, 0.15) is 12.8 Å². The van der Waals surface area contributed by atoms with Gasteiger partial charge in [0.15, 0.2) is 0 Å². The Labute approximate surface area is 86.0 Å². The SMILES string of the molecule is COCCC(N)C(=O)NCCC(F)(F)F. The first-order valence-electron chi connectivity index (χ1n) is 4.46. The zero-order valence-electron chi connectivity index (χ0n) is 8.43. The van der Waals surface area contributed by atoms with E-state index in [9.17, 15) is 18.0 Å². The largest absolute Gasteiger partial charge is 0.390 e. The molecular formula is C8H15F3N2O2. The van der Waals surface area contributed by atoms with Crippen LogP contribution < -0.4 is 11.1 Å². The summed E-state index contributed by atoms with van der Waals surface area (Å²) in [5, 5.41) is 2.11. The molecule has 0 rings (SSSR count). The normalized spacial score (nSPS) is 13.7. The van der Waals surface area contributed by atoms with Crippen molar-refractivity contribution < 1.29 is 22.7 Å². The van der Waals surface area contributed by atoms with E-state index < -0.39 is 31.1 Å². The van der Waals surface area contributed by atoms with Crippen LogP contribution in [0.4, 0.5) is 13.2 Å². The van der Waals surface area contributed by atoms with E-state index >= 15 is 0 Å². The van der Waals surface area contributed by atoms with Crippen LogP contribution in [0, 0.1) is 0 Å². The molecule has 7 heteroatoms. The highest BCUT2D eigenvalue weighted by molar-refractivity contribution is 5.81. The van der Waals surface area contributed by atoms with Crippen molar-refractivity contribution >= 4 is 5.91 Å². The van der Waals surface area contributed by atoms with E-state index in [-0.39, 0.29) is 6.42 Å². The van der Waals surface area contributed by atoms with Gasteiger partial charge < -0.3 is 15.8 Å². The Morgan fingerprint density at radius 3 is 2.60 bits per heavy atom. The molecule has 1 amide bonds. The summed E-state index contributed by atoms with van der Waals surface area (Å²) in [5.74, 6) is -0.587. The second-order valence-corrected chi connectivity index (χ2v) is 3.04. The molecule has 1 unspecified atom stereocenters. The third-order valence-corrected chi connectivity index (χ3v) is 1.68. The van der Waals surface area contributed by atoms with Crippen LogP contribution in [0.3, 0.4) is 0 Å². The van der Waals surface area contributed by atoms with E-state index in [1.54, 1.807) is 0 Å². The van der Waals surface area contributed by atoms with Crippen molar-refractivity contribution in [2.45, 2.75) is 25.1 Å². The van der Waals surface area contributed by atoms with Crippen LogP contribution in [0.15, 0.2) is 0 Å². The van der Waals surface area contributed by atoms with Crippen LogP contribution in [-0.4, -0.2) is 38.4 Å². The molecule has 0 spiro atoms. The number of amides is 1. The number of methoxy groups -OCH3 is 1. The molecule has 15 heavy (non-hydrogen) atoms. The van der Waals surface area contributed by atoms with Gasteiger partial charge in [-0.05, 0) is 6.42 Å². The van der Waals surface area contributed by atoms with Gasteiger partial charge in [-0.25, -0.2) is 0 Å². The zero-order valence-corrected chi connectivity index (χ0v) is 8.43. The van der Waals surface area contributed by atoms with Crippen molar-refractivity contribution in [3.63, 3.8) is 0 Å². The molecule has 0 saturated carbocycles. The van der Waals surface area contributed by atoms with Crippen molar-refractivity contribution in [3.8, 4) is 0 Å². The number of alkyl halides is 3. The van der Waals surface area contributed by atoms with Crippen molar-refractivity contribution in [2.75, 3.05) is 20.3 Å². The number of ether oxygens (including phenoxy) is 1. The van der Waals surface area contributed by atoms with Crippen molar-refractivity contribution in [3.05, 3.63) is 0 Å². The van der Waals surface area contributed by atoms with Crippen LogP contribution >= 0.6 is 0 Å². The lowest BCUT2D eigenvalue weighted by atomic mass is 10.2. The van der Waals surface area contributed by atoms with Crippen molar-refractivity contribution in [1.82, 2.24) is 5.32 Å². The maximum absolute atomic E-state index is 11.7. The molecule has 0 aromatic heterocycles. The lowest BCUT2D eigenvalue weighted by Crippen LogP contribution is -2.42. The summed E-state index contributed by atoms with van der Waals surface area (Å²) in [6.45, 7) is -0.142. The summed E-state index contributed by atoms with van der Waals surface area (Å²) >= 11 is 0. The smallest absolute Gasteiger partial charge is 0.385 e. The number of nitrogens with one attached hydrogen (secondary N) is 1. The van der Waals surface area contributed by atoms with Gasteiger partial charge in [-0.1, -0.05) is 0 Å². The summed E-state index contributed by atoms with van der Waals surface area (Å²) in [7, 11) is 1.45. The zero-order chi connectivity index (χ0) is 11.9. The molecule has 0 fully saturated rings. The molecular weight excluding hydrogens is 213 g/mol. The lowest BCUT2D eigenvalue weighted by molar-refractivity contribution is -0.136. The summed E-state index contributed by atoms with van der Waals surface area (Å²) in [4.78, 5) is 11.1. The Morgan fingerprint density at radius 1 is 1.53 bits per heavy atom. The fourth-order valence-electron chi connectivity index (χ4n) is 0.834. The van der Waals surface area contributed by atoms with Crippen LogP contribution in [0.25, 0.3) is 0 Å². The highest BCUT2D eigenvalue weighted by Crippen LogP contribution is 2.18. The van der Waals surface area contributed by atoms with Gasteiger partial charge in [-0.3, -0.25) is 4.79 Å². The summed E-state index contributed by atoms with van der Waals surface area (Å²) in [5.41, 5.74) is 5.38. The topological polar surface area (TPSA) is 64.3 Å². The molecule has 0 bridgehead atoms. The third kappa shape index (κ3) is 8.19. The number of hydrogen-bond acceptors (Lipinski definition) is 3. The fraction of sp³-hybridized carbons (Fsp3) is 0.875. The summed E-state index contributed by atoms with van der Waals surface area (Å²) in [6.07, 6.45) is -5.02. The Balaban J connectivity index is 3.64. The molecule has 1 atom stereocenters. The first-order chi connectivity index (χ1) is 6.87. The highest BCUT2D eigenvalue weighted by Gasteiger charge is 2.26. The molecule has 4 nitrogen and oxygen atoms in total. The maximum Gasteiger partial charge on any atom is 0.390 e. The fourth-order valence-corrected chi connectivity index (χ4v) is 0.834. The number of carbonyl (C=O) groups is 1. The van der Waals surface area contributed by atoms with Gasteiger partial charge in [-0.2, -0.15) is 13.2 Å². The molecule has 0 aromatic carbocycles. The maximum atomic E-state index is 11.7. The van der Waals surface area contributed by atoms with Crippen LogP contribution in [-0.2, 0) is 9.53 Å². The van der Waals surface area contributed by atoms with E-state index in [2.05, 4.69) is 10.1 Å². The predicted molar refractivity (Wildman–Crippen MR) is 48.2 cm³/mol. The average molecular weight is 228 g/mol. The van der Waals surface area contributed by atoms with Gasteiger partial charge in [0.05, 0.1) is 12.5 Å². The predicted octanol–water partition coefficient (Wildman–Crippen LogP) is 0.419. The standard InChI is InChI=1S/C8H15F3N2O2/c1-15-5-2-6(12)7(14)13-4-3-8(9,10)11/h6H,2-5,12H2,1H3,(H,13,14). The minimum absolute atomic E-state index is 0.286. The van der Waals surface area contributed by atoms with Gasteiger partial charge in [-0.15, -0.1) is 0 Å². The van der Waals surface area contributed by atoms with Crippen LogP contribution in [0.2, 0.25) is 0 Å². The molecule has 0 heterocycles. The first-order valence-corrected chi connectivity index (χ1v) is 4.46. The second-order valence-electron chi connectivity index (χ2n) is 3.04. The van der Waals surface area contributed by atoms with E-state index in [1.807, 2.05) is 0 Å². The Morgan fingerprint density at radius 2 is 2.13 bits per heavy atom. The summed E-state index contributed by atoms with van der Waals surface area (Å²) < 4.78 is 39.8. The van der Waals surface area contributed by atoms with Crippen molar-refractivity contribution in [2.24, 2.45) is 5.73 Å². The Hall–Kier alpha value is -0.820. The molecule has 0 aliphatic heterocycles. The second kappa shape index (κ2) is 6.62.